The van der Waals surface area contributed by atoms with Gasteiger partial charge in [-0.15, -0.1) is 0 Å². The lowest BCUT2D eigenvalue weighted by atomic mass is 10.1. The summed E-state index contributed by atoms with van der Waals surface area (Å²) in [6, 6.07) is 8.01. The Bertz CT molecular complexity index is 447. The molecule has 1 amide bonds. The second-order valence-electron chi connectivity index (χ2n) is 5.99. The maximum atomic E-state index is 11.6. The number of nitrogens with one attached hydrogen (secondary N) is 1. The lowest BCUT2D eigenvalue weighted by Crippen LogP contribution is -2.34. The molecule has 1 aromatic carbocycles. The third kappa shape index (κ3) is 3.96. The van der Waals surface area contributed by atoms with Gasteiger partial charge in [0.15, 0.2) is 0 Å². The highest BCUT2D eigenvalue weighted by Crippen LogP contribution is 2.40. The molecule has 2 rings (SSSR count). The van der Waals surface area contributed by atoms with E-state index in [-0.39, 0.29) is 18.7 Å². The van der Waals surface area contributed by atoms with Crippen molar-refractivity contribution in [3.8, 4) is 0 Å². The Morgan fingerprint density at radius 3 is 2.53 bits per heavy atom. The fourth-order valence-corrected chi connectivity index (χ4v) is 2.05. The number of amides is 1. The fraction of sp³-hybridized carbons (Fsp3) is 0.533. The minimum Gasteiger partial charge on any atom is -0.444 e. The number of alkyl carbamates (subject to hydrolysis) is 1. The number of hydrogen-bond donors (Lipinski definition) is 2. The first kappa shape index (κ1) is 13.9. The smallest absolute Gasteiger partial charge is 0.407 e. The molecule has 1 aliphatic carbocycles. The standard InChI is InChI=1S/C15H21NO3/c1-15(2,3)19-14(18)16-13-8-12(13)11-6-4-10(9-17)5-7-11/h4-7,12-13,17H,8-9H2,1-3H3,(H,16,18)/t12-,13+/m1/s1. The van der Waals surface area contributed by atoms with Gasteiger partial charge < -0.3 is 15.2 Å². The summed E-state index contributed by atoms with van der Waals surface area (Å²) in [6.07, 6.45) is 0.588. The van der Waals surface area contributed by atoms with Gasteiger partial charge in [0, 0.05) is 12.0 Å². The lowest BCUT2D eigenvalue weighted by molar-refractivity contribution is 0.0523. The highest BCUT2D eigenvalue weighted by atomic mass is 16.6. The molecule has 0 spiro atoms. The fourth-order valence-electron chi connectivity index (χ4n) is 2.05. The van der Waals surface area contributed by atoms with Crippen molar-refractivity contribution in [2.24, 2.45) is 0 Å². The molecule has 2 atom stereocenters. The van der Waals surface area contributed by atoms with Crippen LogP contribution in [0.4, 0.5) is 4.79 Å². The van der Waals surface area contributed by atoms with Crippen molar-refractivity contribution >= 4 is 6.09 Å². The highest BCUT2D eigenvalue weighted by Gasteiger charge is 2.40. The summed E-state index contributed by atoms with van der Waals surface area (Å²) in [5.41, 5.74) is 1.64. The molecule has 0 radical (unpaired) electrons. The molecule has 19 heavy (non-hydrogen) atoms. The molecule has 0 unspecified atom stereocenters. The van der Waals surface area contributed by atoms with E-state index in [9.17, 15) is 4.79 Å². The number of hydrogen-bond acceptors (Lipinski definition) is 3. The third-order valence-electron chi connectivity index (χ3n) is 3.08. The van der Waals surface area contributed by atoms with Gasteiger partial charge in [-0.2, -0.15) is 0 Å². The first-order chi connectivity index (χ1) is 8.89. The Kier molecular flexibility index (Phi) is 3.80. The summed E-state index contributed by atoms with van der Waals surface area (Å²) in [7, 11) is 0. The summed E-state index contributed by atoms with van der Waals surface area (Å²) in [5.74, 6) is 0.361. The van der Waals surface area contributed by atoms with Crippen LogP contribution in [-0.4, -0.2) is 22.8 Å². The molecule has 1 fully saturated rings. The van der Waals surface area contributed by atoms with Crippen LogP contribution < -0.4 is 5.32 Å². The average Bonchev–Trinajstić information content (AvgIpc) is 3.06. The predicted molar refractivity (Wildman–Crippen MR) is 72.9 cm³/mol. The van der Waals surface area contributed by atoms with E-state index in [1.807, 2.05) is 45.0 Å². The third-order valence-corrected chi connectivity index (χ3v) is 3.08. The summed E-state index contributed by atoms with van der Waals surface area (Å²) in [4.78, 5) is 11.6. The van der Waals surface area contributed by atoms with Crippen LogP contribution in [0, 0.1) is 0 Å². The van der Waals surface area contributed by atoms with Gasteiger partial charge in [0.1, 0.15) is 5.60 Å². The molecule has 1 aromatic rings. The van der Waals surface area contributed by atoms with Crippen molar-refractivity contribution < 1.29 is 14.6 Å². The van der Waals surface area contributed by atoms with Crippen molar-refractivity contribution in [2.45, 2.75) is 51.4 Å². The SMILES string of the molecule is CC(C)(C)OC(=O)N[C@H]1C[C@@H]1c1ccc(CO)cc1. The van der Waals surface area contributed by atoms with Crippen molar-refractivity contribution in [3.05, 3.63) is 35.4 Å². The van der Waals surface area contributed by atoms with Crippen LogP contribution in [0.1, 0.15) is 44.2 Å². The molecule has 0 bridgehead atoms. The Morgan fingerprint density at radius 2 is 2.00 bits per heavy atom. The number of carbonyl (C=O) groups is 1. The van der Waals surface area contributed by atoms with E-state index in [1.54, 1.807) is 0 Å². The Morgan fingerprint density at radius 1 is 1.37 bits per heavy atom. The Balaban J connectivity index is 1.85. The molecular formula is C15H21NO3. The summed E-state index contributed by atoms with van der Waals surface area (Å²) in [5, 5.41) is 11.9. The Hall–Kier alpha value is -1.55. The zero-order valence-electron chi connectivity index (χ0n) is 11.6. The second kappa shape index (κ2) is 5.21. The van der Waals surface area contributed by atoms with Crippen LogP contribution in [-0.2, 0) is 11.3 Å². The van der Waals surface area contributed by atoms with Gasteiger partial charge in [-0.05, 0) is 38.3 Å². The molecule has 0 saturated heterocycles. The maximum absolute atomic E-state index is 11.6. The topological polar surface area (TPSA) is 58.6 Å². The van der Waals surface area contributed by atoms with Crippen molar-refractivity contribution in [1.82, 2.24) is 5.32 Å². The average molecular weight is 263 g/mol. The molecule has 4 heteroatoms. The van der Waals surface area contributed by atoms with Gasteiger partial charge in [0.2, 0.25) is 0 Å². The van der Waals surface area contributed by atoms with Gasteiger partial charge in [-0.1, -0.05) is 24.3 Å². The van der Waals surface area contributed by atoms with Gasteiger partial charge in [-0.25, -0.2) is 4.79 Å². The van der Waals surface area contributed by atoms with Crippen molar-refractivity contribution in [3.63, 3.8) is 0 Å². The van der Waals surface area contributed by atoms with Gasteiger partial charge in [0.05, 0.1) is 6.61 Å². The number of carbonyl (C=O) groups excluding carboxylic acids is 1. The summed E-state index contributed by atoms with van der Waals surface area (Å²) >= 11 is 0. The molecule has 104 valence electrons. The number of aliphatic hydroxyl groups excluding tert-OH is 1. The largest absolute Gasteiger partial charge is 0.444 e. The first-order valence-corrected chi connectivity index (χ1v) is 6.58. The maximum Gasteiger partial charge on any atom is 0.407 e. The van der Waals surface area contributed by atoms with E-state index < -0.39 is 5.60 Å². The van der Waals surface area contributed by atoms with Crippen LogP contribution >= 0.6 is 0 Å². The number of ether oxygens (including phenoxy) is 1. The van der Waals surface area contributed by atoms with Gasteiger partial charge in [-0.3, -0.25) is 0 Å². The molecule has 2 N–H and O–H groups in total. The van der Waals surface area contributed by atoms with Crippen molar-refractivity contribution in [2.75, 3.05) is 0 Å². The van der Waals surface area contributed by atoms with Crippen LogP contribution in [0.5, 0.6) is 0 Å². The zero-order valence-corrected chi connectivity index (χ0v) is 11.6. The minimum atomic E-state index is -0.461. The van der Waals surface area contributed by atoms with Crippen molar-refractivity contribution in [1.29, 1.82) is 0 Å². The molecule has 0 heterocycles. The molecule has 4 nitrogen and oxygen atoms in total. The first-order valence-electron chi connectivity index (χ1n) is 6.58. The van der Waals surface area contributed by atoms with Crippen LogP contribution in [0.3, 0.4) is 0 Å². The molecular weight excluding hydrogens is 242 g/mol. The summed E-state index contributed by atoms with van der Waals surface area (Å²) in [6.45, 7) is 5.62. The lowest BCUT2D eigenvalue weighted by Gasteiger charge is -2.19. The molecule has 0 aliphatic heterocycles. The van der Waals surface area contributed by atoms with E-state index >= 15 is 0 Å². The van der Waals surface area contributed by atoms with E-state index in [4.69, 9.17) is 9.84 Å². The highest BCUT2D eigenvalue weighted by molar-refractivity contribution is 5.69. The van der Waals surface area contributed by atoms with Gasteiger partial charge in [0.25, 0.3) is 0 Å². The monoisotopic (exact) mass is 263 g/mol. The minimum absolute atomic E-state index is 0.0601. The predicted octanol–water partition coefficient (Wildman–Crippen LogP) is 2.56. The number of rotatable bonds is 3. The van der Waals surface area contributed by atoms with Crippen LogP contribution in [0.2, 0.25) is 0 Å². The van der Waals surface area contributed by atoms with E-state index in [0.29, 0.717) is 5.92 Å². The van der Waals surface area contributed by atoms with Crippen LogP contribution in [0.15, 0.2) is 24.3 Å². The normalized spacial score (nSPS) is 21.9. The number of benzene rings is 1. The zero-order chi connectivity index (χ0) is 14.0. The quantitative estimate of drug-likeness (QED) is 0.881. The van der Waals surface area contributed by atoms with E-state index in [2.05, 4.69) is 5.32 Å². The summed E-state index contributed by atoms with van der Waals surface area (Å²) < 4.78 is 5.23. The molecule has 1 saturated carbocycles. The Labute approximate surface area is 113 Å². The molecule has 1 aliphatic rings. The van der Waals surface area contributed by atoms with E-state index in [0.717, 1.165) is 12.0 Å². The molecule has 0 aromatic heterocycles. The number of aliphatic hydroxyl groups is 1. The van der Waals surface area contributed by atoms with E-state index in [1.165, 1.54) is 5.56 Å². The van der Waals surface area contributed by atoms with Gasteiger partial charge >= 0.3 is 6.09 Å². The van der Waals surface area contributed by atoms with Crippen LogP contribution in [0.25, 0.3) is 0 Å². The second-order valence-corrected chi connectivity index (χ2v) is 5.99.